The second kappa shape index (κ2) is 9.77. The van der Waals surface area contributed by atoms with Gasteiger partial charge in [-0.3, -0.25) is 9.69 Å². The van der Waals surface area contributed by atoms with Gasteiger partial charge in [0.25, 0.3) is 0 Å². The molecule has 1 aliphatic rings. The van der Waals surface area contributed by atoms with Crippen LogP contribution in [0.5, 0.6) is 5.75 Å². The first-order chi connectivity index (χ1) is 12.8. The Bertz CT molecular complexity index is 670. The molecule has 1 saturated heterocycles. The summed E-state index contributed by atoms with van der Waals surface area (Å²) in [6.07, 6.45) is -0.335. The number of anilines is 1. The van der Waals surface area contributed by atoms with E-state index in [1.54, 1.807) is 35.0 Å². The van der Waals surface area contributed by atoms with Crippen LogP contribution in [0.4, 0.5) is 10.5 Å². The van der Waals surface area contributed by atoms with E-state index in [0.29, 0.717) is 42.7 Å². The van der Waals surface area contributed by atoms with Crippen molar-refractivity contribution in [3.8, 4) is 5.75 Å². The first kappa shape index (κ1) is 21.3. The van der Waals surface area contributed by atoms with Crippen LogP contribution in [-0.2, 0) is 9.53 Å². The van der Waals surface area contributed by atoms with Gasteiger partial charge in [-0.1, -0.05) is 17.7 Å². The Hall–Kier alpha value is -2.03. The Morgan fingerprint density at radius 1 is 1.48 bits per heavy atom. The molecule has 9 heteroatoms. The number of benzene rings is 1. The number of carboxylic acids is 1. The summed E-state index contributed by atoms with van der Waals surface area (Å²) in [5.74, 6) is -0.463. The first-order valence-corrected chi connectivity index (χ1v) is 9.17. The van der Waals surface area contributed by atoms with Gasteiger partial charge in [-0.15, -0.1) is 0 Å². The van der Waals surface area contributed by atoms with Gasteiger partial charge in [0.2, 0.25) is 0 Å². The lowest BCUT2D eigenvalue weighted by atomic mass is 10.2. The molecule has 0 bridgehead atoms. The van der Waals surface area contributed by atoms with Crippen LogP contribution in [0.3, 0.4) is 0 Å². The standard InChI is InChI=1S/C18H26ClN3O5/c1-12(2)27-17-14(19)5-4-6-15(17)20-18(25)22-7-8-26-13(10-22)9-21(3)11-16(23)24/h4-6,12-13H,7-11H2,1-3H3,(H,20,25)(H,23,24). The van der Waals surface area contributed by atoms with E-state index < -0.39 is 5.97 Å². The molecule has 0 saturated carbocycles. The molecule has 1 aromatic rings. The van der Waals surface area contributed by atoms with Gasteiger partial charge in [0.1, 0.15) is 0 Å². The number of aliphatic carboxylic acids is 1. The normalized spacial score (nSPS) is 17.3. The van der Waals surface area contributed by atoms with Gasteiger partial charge in [0.15, 0.2) is 5.75 Å². The molecular formula is C18H26ClN3O5. The van der Waals surface area contributed by atoms with Crippen LogP contribution in [0.2, 0.25) is 5.02 Å². The highest BCUT2D eigenvalue weighted by Crippen LogP contribution is 2.34. The number of halogens is 1. The Balaban J connectivity index is 1.99. The van der Waals surface area contributed by atoms with Crippen molar-refractivity contribution in [1.29, 1.82) is 0 Å². The predicted molar refractivity (Wildman–Crippen MR) is 103 cm³/mol. The third-order valence-corrected chi connectivity index (χ3v) is 4.21. The van der Waals surface area contributed by atoms with Crippen molar-refractivity contribution in [2.75, 3.05) is 45.2 Å². The fraction of sp³-hybridized carbons (Fsp3) is 0.556. The van der Waals surface area contributed by atoms with E-state index >= 15 is 0 Å². The lowest BCUT2D eigenvalue weighted by Crippen LogP contribution is -2.50. The molecule has 1 unspecified atom stereocenters. The molecule has 8 nitrogen and oxygen atoms in total. The second-order valence-electron chi connectivity index (χ2n) is 6.74. The van der Waals surface area contributed by atoms with Crippen LogP contribution >= 0.6 is 11.6 Å². The number of carbonyl (C=O) groups is 2. The van der Waals surface area contributed by atoms with Gasteiger partial charge in [0, 0.05) is 19.6 Å². The highest BCUT2D eigenvalue weighted by atomic mass is 35.5. The number of hydrogen-bond donors (Lipinski definition) is 2. The number of nitrogens with zero attached hydrogens (tertiary/aromatic N) is 2. The molecule has 2 amide bonds. The smallest absolute Gasteiger partial charge is 0.322 e. The maximum Gasteiger partial charge on any atom is 0.322 e. The minimum atomic E-state index is -0.901. The minimum Gasteiger partial charge on any atom is -0.487 e. The minimum absolute atomic E-state index is 0.0789. The van der Waals surface area contributed by atoms with Crippen LogP contribution in [0.25, 0.3) is 0 Å². The molecule has 1 heterocycles. The zero-order valence-electron chi connectivity index (χ0n) is 15.8. The van der Waals surface area contributed by atoms with Gasteiger partial charge in [-0.25, -0.2) is 4.79 Å². The van der Waals surface area contributed by atoms with Crippen molar-refractivity contribution in [3.63, 3.8) is 0 Å². The Morgan fingerprint density at radius 3 is 2.89 bits per heavy atom. The number of morpholine rings is 1. The number of carboxylic acid groups (broad SMARTS) is 1. The molecule has 1 aromatic carbocycles. The number of ether oxygens (including phenoxy) is 2. The summed E-state index contributed by atoms with van der Waals surface area (Å²) in [5, 5.41) is 12.1. The molecule has 0 aliphatic carbocycles. The summed E-state index contributed by atoms with van der Waals surface area (Å²) < 4.78 is 11.4. The zero-order chi connectivity index (χ0) is 20.0. The number of carbonyl (C=O) groups excluding carboxylic acids is 1. The molecule has 1 aliphatic heterocycles. The fourth-order valence-electron chi connectivity index (χ4n) is 2.81. The monoisotopic (exact) mass is 399 g/mol. The highest BCUT2D eigenvalue weighted by Gasteiger charge is 2.26. The van der Waals surface area contributed by atoms with Crippen molar-refractivity contribution >= 4 is 29.3 Å². The van der Waals surface area contributed by atoms with E-state index in [4.69, 9.17) is 26.2 Å². The second-order valence-corrected chi connectivity index (χ2v) is 7.15. The van der Waals surface area contributed by atoms with Crippen LogP contribution in [0, 0.1) is 0 Å². The predicted octanol–water partition coefficient (Wildman–Crippen LogP) is 2.38. The van der Waals surface area contributed by atoms with E-state index in [1.807, 2.05) is 13.8 Å². The Labute approximate surface area is 164 Å². The van der Waals surface area contributed by atoms with E-state index in [-0.39, 0.29) is 24.8 Å². The summed E-state index contributed by atoms with van der Waals surface area (Å²) >= 11 is 6.20. The quantitative estimate of drug-likeness (QED) is 0.731. The average molecular weight is 400 g/mol. The number of rotatable bonds is 7. The average Bonchev–Trinajstić information content (AvgIpc) is 2.57. The highest BCUT2D eigenvalue weighted by molar-refractivity contribution is 6.32. The molecule has 0 spiro atoms. The molecule has 0 radical (unpaired) electrons. The maximum absolute atomic E-state index is 12.7. The zero-order valence-corrected chi connectivity index (χ0v) is 16.5. The Kier molecular flexibility index (Phi) is 7.70. The lowest BCUT2D eigenvalue weighted by molar-refractivity contribution is -0.138. The number of hydrogen-bond acceptors (Lipinski definition) is 5. The van der Waals surface area contributed by atoms with Gasteiger partial charge in [0.05, 0.1) is 36.1 Å². The van der Waals surface area contributed by atoms with E-state index in [0.717, 1.165) is 0 Å². The van der Waals surface area contributed by atoms with Crippen LogP contribution in [0.15, 0.2) is 18.2 Å². The van der Waals surface area contributed by atoms with E-state index in [9.17, 15) is 9.59 Å². The van der Waals surface area contributed by atoms with Crippen molar-refractivity contribution < 1.29 is 24.2 Å². The van der Waals surface area contributed by atoms with Crippen LogP contribution in [0.1, 0.15) is 13.8 Å². The van der Waals surface area contributed by atoms with E-state index in [1.165, 1.54) is 0 Å². The third kappa shape index (κ3) is 6.57. The summed E-state index contributed by atoms with van der Waals surface area (Å²) in [4.78, 5) is 26.8. The summed E-state index contributed by atoms with van der Waals surface area (Å²) in [6.45, 7) is 5.33. The van der Waals surface area contributed by atoms with E-state index in [2.05, 4.69) is 5.32 Å². The van der Waals surface area contributed by atoms with Gasteiger partial charge in [-0.2, -0.15) is 0 Å². The lowest BCUT2D eigenvalue weighted by Gasteiger charge is -2.34. The molecular weight excluding hydrogens is 374 g/mol. The van der Waals surface area contributed by atoms with Crippen molar-refractivity contribution in [3.05, 3.63) is 23.2 Å². The number of amides is 2. The maximum atomic E-state index is 12.7. The SMILES string of the molecule is CC(C)Oc1c(Cl)cccc1NC(=O)N1CCOC(CN(C)CC(=O)O)C1. The fourth-order valence-corrected chi connectivity index (χ4v) is 3.03. The van der Waals surface area contributed by atoms with Crippen molar-refractivity contribution in [1.82, 2.24) is 9.80 Å². The topological polar surface area (TPSA) is 91.3 Å². The van der Waals surface area contributed by atoms with Crippen LogP contribution < -0.4 is 10.1 Å². The third-order valence-electron chi connectivity index (χ3n) is 3.91. The van der Waals surface area contributed by atoms with Crippen LogP contribution in [-0.4, -0.2) is 78.9 Å². The van der Waals surface area contributed by atoms with Crippen molar-refractivity contribution in [2.24, 2.45) is 0 Å². The van der Waals surface area contributed by atoms with Gasteiger partial charge >= 0.3 is 12.0 Å². The molecule has 27 heavy (non-hydrogen) atoms. The molecule has 2 N–H and O–H groups in total. The largest absolute Gasteiger partial charge is 0.487 e. The molecule has 150 valence electrons. The molecule has 0 aromatic heterocycles. The van der Waals surface area contributed by atoms with Crippen molar-refractivity contribution in [2.45, 2.75) is 26.1 Å². The number of para-hydroxylation sites is 1. The Morgan fingerprint density at radius 2 is 2.22 bits per heavy atom. The summed E-state index contributed by atoms with van der Waals surface area (Å²) in [6, 6.07) is 4.91. The number of likely N-dealkylation sites (N-methyl/N-ethyl adjacent to an activating group) is 1. The summed E-state index contributed by atoms with van der Waals surface area (Å²) in [5.41, 5.74) is 0.507. The number of nitrogens with one attached hydrogen (secondary N) is 1. The molecule has 2 rings (SSSR count). The number of urea groups is 1. The summed E-state index contributed by atoms with van der Waals surface area (Å²) in [7, 11) is 1.71. The first-order valence-electron chi connectivity index (χ1n) is 8.79. The molecule has 1 atom stereocenters. The molecule has 1 fully saturated rings. The van der Waals surface area contributed by atoms with Gasteiger partial charge in [-0.05, 0) is 33.0 Å². The van der Waals surface area contributed by atoms with Gasteiger partial charge < -0.3 is 24.8 Å².